The molecule has 19 heavy (non-hydrogen) atoms. The number of hydrogen-bond acceptors (Lipinski definition) is 4. The Morgan fingerprint density at radius 2 is 2.32 bits per heavy atom. The molecule has 3 N–H and O–H groups in total. The van der Waals surface area contributed by atoms with Gasteiger partial charge in [-0.25, -0.2) is 0 Å². The molecule has 5 nitrogen and oxygen atoms in total. The second-order valence-corrected chi connectivity index (χ2v) is 5.23. The predicted octanol–water partition coefficient (Wildman–Crippen LogP) is 1.04. The Morgan fingerprint density at radius 3 is 3.00 bits per heavy atom. The van der Waals surface area contributed by atoms with E-state index in [2.05, 4.69) is 16.0 Å². The molecule has 2 rings (SSSR count). The average molecular weight is 279 g/mol. The van der Waals surface area contributed by atoms with Gasteiger partial charge in [0.1, 0.15) is 0 Å². The number of thioether (sulfide) groups is 1. The number of benzene rings is 1. The lowest BCUT2D eigenvalue weighted by Gasteiger charge is -2.11. The molecule has 1 aliphatic rings. The monoisotopic (exact) mass is 279 g/mol. The van der Waals surface area contributed by atoms with Crippen molar-refractivity contribution >= 4 is 29.3 Å². The third-order valence-electron chi connectivity index (χ3n) is 2.76. The first-order valence-corrected chi connectivity index (χ1v) is 7.36. The first-order valence-electron chi connectivity index (χ1n) is 6.21. The number of nitrogens with one attached hydrogen (secondary N) is 3. The number of carbonyl (C=O) groups excluding carboxylic acids is 2. The van der Waals surface area contributed by atoms with Gasteiger partial charge in [0.05, 0.1) is 6.04 Å². The number of amides is 2. The first kappa shape index (κ1) is 13.9. The smallest absolute Gasteiger partial charge is 0.251 e. The van der Waals surface area contributed by atoms with Gasteiger partial charge in [0.2, 0.25) is 5.91 Å². The van der Waals surface area contributed by atoms with Gasteiger partial charge < -0.3 is 10.6 Å². The molecule has 1 heterocycles. The van der Waals surface area contributed by atoms with E-state index in [-0.39, 0.29) is 17.9 Å². The van der Waals surface area contributed by atoms with Gasteiger partial charge in [-0.1, -0.05) is 6.07 Å². The largest absolute Gasteiger partial charge is 0.352 e. The Hall–Kier alpha value is -1.53. The molecule has 1 fully saturated rings. The van der Waals surface area contributed by atoms with Crippen LogP contribution >= 0.6 is 11.8 Å². The average Bonchev–Trinajstić information content (AvgIpc) is 2.93. The van der Waals surface area contributed by atoms with Crippen molar-refractivity contribution in [3.05, 3.63) is 29.8 Å². The highest BCUT2D eigenvalue weighted by atomic mass is 32.2. The highest BCUT2D eigenvalue weighted by Crippen LogP contribution is 2.14. The molecule has 0 radical (unpaired) electrons. The maximum atomic E-state index is 11.9. The van der Waals surface area contributed by atoms with E-state index in [1.165, 1.54) is 0 Å². The molecule has 1 aromatic rings. The molecule has 1 atom stereocenters. The van der Waals surface area contributed by atoms with Crippen LogP contribution in [0.3, 0.4) is 0 Å². The van der Waals surface area contributed by atoms with Crippen molar-refractivity contribution < 1.29 is 9.59 Å². The SMILES string of the molecule is CCNC(=O)c1cccc(NC(=O)C2CSCN2)c1. The van der Waals surface area contributed by atoms with Crippen LogP contribution in [0.2, 0.25) is 0 Å². The van der Waals surface area contributed by atoms with Crippen LogP contribution in [0.4, 0.5) is 5.69 Å². The van der Waals surface area contributed by atoms with Crippen molar-refractivity contribution in [1.29, 1.82) is 0 Å². The molecule has 0 aromatic heterocycles. The van der Waals surface area contributed by atoms with E-state index in [0.717, 1.165) is 11.6 Å². The molecule has 2 amide bonds. The number of anilines is 1. The summed E-state index contributed by atoms with van der Waals surface area (Å²) in [6.45, 7) is 2.45. The molecule has 1 saturated heterocycles. The van der Waals surface area contributed by atoms with Crippen LogP contribution in [0.1, 0.15) is 17.3 Å². The maximum Gasteiger partial charge on any atom is 0.251 e. The maximum absolute atomic E-state index is 11.9. The topological polar surface area (TPSA) is 70.2 Å². The Balaban J connectivity index is 2.02. The van der Waals surface area contributed by atoms with Gasteiger partial charge in [-0.2, -0.15) is 0 Å². The zero-order valence-corrected chi connectivity index (χ0v) is 11.5. The molecule has 0 aliphatic carbocycles. The fraction of sp³-hybridized carbons (Fsp3) is 0.385. The summed E-state index contributed by atoms with van der Waals surface area (Å²) >= 11 is 1.70. The van der Waals surface area contributed by atoms with Crippen molar-refractivity contribution in [2.24, 2.45) is 0 Å². The molecule has 0 bridgehead atoms. The number of rotatable bonds is 4. The zero-order valence-electron chi connectivity index (χ0n) is 10.7. The molecule has 1 aromatic carbocycles. The van der Waals surface area contributed by atoms with Gasteiger partial charge >= 0.3 is 0 Å². The molecular formula is C13H17N3O2S. The van der Waals surface area contributed by atoms with E-state index in [0.29, 0.717) is 17.8 Å². The van der Waals surface area contributed by atoms with Crippen LogP contribution in [-0.2, 0) is 4.79 Å². The normalized spacial score (nSPS) is 18.1. The Labute approximate surface area is 116 Å². The van der Waals surface area contributed by atoms with Gasteiger partial charge in [0, 0.05) is 29.4 Å². The van der Waals surface area contributed by atoms with Gasteiger partial charge in [0.15, 0.2) is 0 Å². The Morgan fingerprint density at radius 1 is 1.47 bits per heavy atom. The third-order valence-corrected chi connectivity index (χ3v) is 3.70. The fourth-order valence-corrected chi connectivity index (χ4v) is 2.74. The summed E-state index contributed by atoms with van der Waals surface area (Å²) in [5.41, 5.74) is 1.20. The summed E-state index contributed by atoms with van der Waals surface area (Å²) in [6.07, 6.45) is 0. The minimum atomic E-state index is -0.155. The summed E-state index contributed by atoms with van der Waals surface area (Å²) in [7, 11) is 0. The fourth-order valence-electron chi connectivity index (χ4n) is 1.79. The second kappa shape index (κ2) is 6.58. The van der Waals surface area contributed by atoms with E-state index in [1.807, 2.05) is 6.92 Å². The van der Waals surface area contributed by atoms with Crippen LogP contribution in [0.25, 0.3) is 0 Å². The standard InChI is InChI=1S/C13H17N3O2S/c1-2-14-12(17)9-4-3-5-10(6-9)16-13(18)11-7-19-8-15-11/h3-6,11,15H,2,7-8H2,1H3,(H,14,17)(H,16,18). The van der Waals surface area contributed by atoms with E-state index < -0.39 is 0 Å². The second-order valence-electron chi connectivity index (χ2n) is 4.20. The zero-order chi connectivity index (χ0) is 13.7. The minimum Gasteiger partial charge on any atom is -0.352 e. The predicted molar refractivity (Wildman–Crippen MR) is 77.3 cm³/mol. The molecule has 0 spiro atoms. The Bertz CT molecular complexity index is 473. The van der Waals surface area contributed by atoms with Crippen molar-refractivity contribution in [3.63, 3.8) is 0 Å². The van der Waals surface area contributed by atoms with Crippen LogP contribution in [-0.4, -0.2) is 36.0 Å². The molecular weight excluding hydrogens is 262 g/mol. The van der Waals surface area contributed by atoms with Crippen LogP contribution < -0.4 is 16.0 Å². The quantitative estimate of drug-likeness (QED) is 0.770. The van der Waals surface area contributed by atoms with Crippen molar-refractivity contribution in [1.82, 2.24) is 10.6 Å². The summed E-state index contributed by atoms with van der Waals surface area (Å²) in [5.74, 6) is 1.39. The summed E-state index contributed by atoms with van der Waals surface area (Å²) in [4.78, 5) is 23.6. The third kappa shape index (κ3) is 3.71. The molecule has 1 unspecified atom stereocenters. The minimum absolute atomic E-state index is 0.0574. The van der Waals surface area contributed by atoms with Gasteiger partial charge in [0.25, 0.3) is 5.91 Å². The van der Waals surface area contributed by atoms with E-state index in [9.17, 15) is 9.59 Å². The van der Waals surface area contributed by atoms with Gasteiger partial charge in [-0.15, -0.1) is 11.8 Å². The highest BCUT2D eigenvalue weighted by Gasteiger charge is 2.22. The van der Waals surface area contributed by atoms with Crippen molar-refractivity contribution in [2.45, 2.75) is 13.0 Å². The number of carbonyl (C=O) groups is 2. The molecule has 1 aliphatic heterocycles. The van der Waals surface area contributed by atoms with Gasteiger partial charge in [-0.3, -0.25) is 14.9 Å². The van der Waals surface area contributed by atoms with Crippen molar-refractivity contribution in [2.75, 3.05) is 23.5 Å². The summed E-state index contributed by atoms with van der Waals surface area (Å²) in [5, 5.41) is 8.66. The lowest BCUT2D eigenvalue weighted by atomic mass is 10.2. The summed E-state index contributed by atoms with van der Waals surface area (Å²) in [6, 6.07) is 6.80. The Kier molecular flexibility index (Phi) is 4.81. The summed E-state index contributed by atoms with van der Waals surface area (Å²) < 4.78 is 0. The van der Waals surface area contributed by atoms with E-state index in [1.54, 1.807) is 36.0 Å². The van der Waals surface area contributed by atoms with Crippen LogP contribution in [0.5, 0.6) is 0 Å². The van der Waals surface area contributed by atoms with Gasteiger partial charge in [-0.05, 0) is 25.1 Å². The van der Waals surface area contributed by atoms with Crippen LogP contribution in [0, 0.1) is 0 Å². The molecule has 102 valence electrons. The molecule has 6 heteroatoms. The lowest BCUT2D eigenvalue weighted by Crippen LogP contribution is -2.37. The first-order chi connectivity index (χ1) is 9.20. The van der Waals surface area contributed by atoms with Crippen LogP contribution in [0.15, 0.2) is 24.3 Å². The highest BCUT2D eigenvalue weighted by molar-refractivity contribution is 7.99. The van der Waals surface area contributed by atoms with Crippen molar-refractivity contribution in [3.8, 4) is 0 Å². The van der Waals surface area contributed by atoms with E-state index >= 15 is 0 Å². The molecule has 0 saturated carbocycles. The lowest BCUT2D eigenvalue weighted by molar-refractivity contribution is -0.117. The number of hydrogen-bond donors (Lipinski definition) is 3. The van der Waals surface area contributed by atoms with E-state index in [4.69, 9.17) is 0 Å².